The van der Waals surface area contributed by atoms with Crippen LogP contribution in [0.2, 0.25) is 10.0 Å². The highest BCUT2D eigenvalue weighted by molar-refractivity contribution is 14.1. The molecule has 8 heteroatoms. The Labute approximate surface area is 229 Å². The Bertz CT molecular complexity index is 1130. The van der Waals surface area contributed by atoms with E-state index in [-0.39, 0.29) is 0 Å². The fourth-order valence-electron chi connectivity index (χ4n) is 2.50. The summed E-state index contributed by atoms with van der Waals surface area (Å²) < 4.78 is 2.97. The van der Waals surface area contributed by atoms with Gasteiger partial charge in [-0.3, -0.25) is 0 Å². The Morgan fingerprint density at radius 1 is 0.656 bits per heavy atom. The van der Waals surface area contributed by atoms with Crippen molar-refractivity contribution in [3.8, 4) is 11.1 Å². The van der Waals surface area contributed by atoms with E-state index in [0.29, 0.717) is 9.94 Å². The van der Waals surface area contributed by atoms with Crippen molar-refractivity contribution < 1.29 is 10.0 Å². The lowest BCUT2D eigenvalue weighted by Crippen LogP contribution is -2.30. The van der Waals surface area contributed by atoms with Crippen LogP contribution in [0, 0.1) is 3.57 Å². The lowest BCUT2D eigenvalue weighted by atomic mass is 9.80. The van der Waals surface area contributed by atoms with Gasteiger partial charge in [0.1, 0.15) is 0 Å². The number of halogens is 5. The first kappa shape index (κ1) is 27.4. The van der Waals surface area contributed by atoms with Gasteiger partial charge >= 0.3 is 7.12 Å². The molecule has 0 aliphatic rings. The van der Waals surface area contributed by atoms with Crippen LogP contribution in [0.4, 0.5) is 0 Å². The second kappa shape index (κ2) is 14.4. The summed E-state index contributed by atoms with van der Waals surface area (Å²) >= 11 is 20.5. The summed E-state index contributed by atoms with van der Waals surface area (Å²) in [6.07, 6.45) is 0. The predicted octanol–water partition coefficient (Wildman–Crippen LogP) is 7.84. The van der Waals surface area contributed by atoms with E-state index in [4.69, 9.17) is 33.2 Å². The zero-order valence-corrected chi connectivity index (χ0v) is 23.4. The van der Waals surface area contributed by atoms with Gasteiger partial charge < -0.3 is 10.0 Å². The molecule has 4 aromatic carbocycles. The highest BCUT2D eigenvalue weighted by atomic mass is 127. The molecule has 2 nitrogen and oxygen atoms in total. The third kappa shape index (κ3) is 9.55. The molecule has 0 fully saturated rings. The van der Waals surface area contributed by atoms with Crippen molar-refractivity contribution in [3.63, 3.8) is 0 Å². The summed E-state index contributed by atoms with van der Waals surface area (Å²) in [5, 5.41) is 19.0. The van der Waals surface area contributed by atoms with Gasteiger partial charge in [-0.2, -0.15) is 0 Å². The van der Waals surface area contributed by atoms with E-state index < -0.39 is 7.12 Å². The summed E-state index contributed by atoms with van der Waals surface area (Å²) in [5.74, 6) is 0. The van der Waals surface area contributed by atoms with Crippen LogP contribution in [-0.4, -0.2) is 17.2 Å². The molecule has 0 amide bonds. The fraction of sp³-hybridized carbons (Fsp3) is 0. The van der Waals surface area contributed by atoms with Crippen LogP contribution in [0.5, 0.6) is 0 Å². The zero-order chi connectivity index (χ0) is 23.5. The molecule has 0 aliphatic carbocycles. The summed E-state index contributed by atoms with van der Waals surface area (Å²) in [7, 11) is -1.39. The molecule has 0 saturated heterocycles. The molecule has 32 heavy (non-hydrogen) atoms. The van der Waals surface area contributed by atoms with Crippen molar-refractivity contribution in [2.24, 2.45) is 0 Å². The first-order valence-corrected chi connectivity index (χ1v) is 12.7. The molecule has 2 N–H and O–H groups in total. The molecule has 0 spiro atoms. The van der Waals surface area contributed by atoms with Crippen molar-refractivity contribution in [1.29, 1.82) is 0 Å². The second-order valence-electron chi connectivity index (χ2n) is 6.33. The maximum absolute atomic E-state index is 8.73. The van der Waals surface area contributed by atoms with E-state index in [9.17, 15) is 0 Å². The van der Waals surface area contributed by atoms with Gasteiger partial charge in [-0.25, -0.2) is 0 Å². The third-order valence-corrected chi connectivity index (χ3v) is 6.53. The summed E-state index contributed by atoms with van der Waals surface area (Å²) in [4.78, 5) is 0. The summed E-state index contributed by atoms with van der Waals surface area (Å²) in [5.41, 5.74) is 2.78. The molecule has 0 unspecified atom stereocenters. The summed E-state index contributed by atoms with van der Waals surface area (Å²) in [6.45, 7) is 0. The molecule has 164 valence electrons. The van der Waals surface area contributed by atoms with Crippen LogP contribution in [0.3, 0.4) is 0 Å². The van der Waals surface area contributed by atoms with Gasteiger partial charge in [-0.1, -0.05) is 110 Å². The van der Waals surface area contributed by atoms with Gasteiger partial charge in [0, 0.05) is 22.6 Å². The first-order chi connectivity index (χ1) is 15.3. The molecule has 0 heterocycles. The zero-order valence-electron chi connectivity index (χ0n) is 16.6. The number of benzene rings is 4. The third-order valence-electron chi connectivity index (χ3n) is 3.98. The van der Waals surface area contributed by atoms with Crippen molar-refractivity contribution in [3.05, 3.63) is 120 Å². The number of hydrogen-bond acceptors (Lipinski definition) is 2. The molecule has 0 aliphatic heterocycles. The normalized spacial score (nSPS) is 9.72. The van der Waals surface area contributed by atoms with E-state index in [0.717, 1.165) is 25.6 Å². The molecule has 4 aromatic rings. The van der Waals surface area contributed by atoms with E-state index in [2.05, 4.69) is 60.5 Å². The Balaban J connectivity index is 0.000000178. The van der Waals surface area contributed by atoms with Crippen LogP contribution in [0.15, 0.2) is 106 Å². The maximum Gasteiger partial charge on any atom is 0.489 e. The minimum Gasteiger partial charge on any atom is -0.423 e. The monoisotopic (exact) mass is 704 g/mol. The second-order valence-corrected chi connectivity index (χ2v) is 10.2. The highest BCUT2D eigenvalue weighted by Gasteiger charge is 2.12. The molecule has 0 radical (unpaired) electrons. The highest BCUT2D eigenvalue weighted by Crippen LogP contribution is 2.29. The largest absolute Gasteiger partial charge is 0.489 e. The molecule has 0 saturated carbocycles. The Morgan fingerprint density at radius 2 is 1.22 bits per heavy atom. The first-order valence-electron chi connectivity index (χ1n) is 9.30. The quantitative estimate of drug-likeness (QED) is 0.165. The van der Waals surface area contributed by atoms with Gasteiger partial charge in [0.05, 0.1) is 0 Å². The lowest BCUT2D eigenvalue weighted by Gasteiger charge is -2.04. The summed E-state index contributed by atoms with van der Waals surface area (Å²) in [6, 6.07) is 30.6. The van der Waals surface area contributed by atoms with E-state index >= 15 is 0 Å². The van der Waals surface area contributed by atoms with Crippen molar-refractivity contribution in [2.45, 2.75) is 0 Å². The topological polar surface area (TPSA) is 40.5 Å². The van der Waals surface area contributed by atoms with Gasteiger partial charge in [-0.15, -0.1) is 0 Å². The number of hydrogen-bond donors (Lipinski definition) is 2. The fourth-order valence-corrected chi connectivity index (χ4v) is 4.61. The molecule has 0 atom stereocenters. The molecular formula is C24H18BBr2Cl2IO2. The van der Waals surface area contributed by atoms with E-state index in [1.165, 1.54) is 3.57 Å². The average Bonchev–Trinajstić information content (AvgIpc) is 2.75. The predicted molar refractivity (Wildman–Crippen MR) is 153 cm³/mol. The van der Waals surface area contributed by atoms with Crippen molar-refractivity contribution >= 4 is 90.2 Å². The van der Waals surface area contributed by atoms with Gasteiger partial charge in [0.25, 0.3) is 0 Å². The van der Waals surface area contributed by atoms with Crippen LogP contribution >= 0.6 is 77.7 Å². The van der Waals surface area contributed by atoms with Gasteiger partial charge in [-0.05, 0) is 81.6 Å². The standard InChI is InChI=1S/C12H8BrCl.C6H6BBrO2.C6H4ClI/c13-12-7-2-1-6-11(12)9-4-3-5-10(14)8-9;8-6-4-2-1-3-5(6)7(9)10;7-5-2-1-3-6(8)4-5/h1-8H;1-4,9-10H;1-4H. The number of rotatable bonds is 2. The molecular weight excluding hydrogens is 689 g/mol. The minimum atomic E-state index is -1.39. The maximum atomic E-state index is 8.73. The van der Waals surface area contributed by atoms with Crippen LogP contribution in [-0.2, 0) is 0 Å². The Kier molecular flexibility index (Phi) is 12.3. The molecule has 0 bridgehead atoms. The van der Waals surface area contributed by atoms with E-state index in [1.54, 1.807) is 18.2 Å². The smallest absolute Gasteiger partial charge is 0.423 e. The Hall–Kier alpha value is -0.865. The van der Waals surface area contributed by atoms with Crippen LogP contribution in [0.1, 0.15) is 0 Å². The average molecular weight is 707 g/mol. The Morgan fingerprint density at radius 3 is 1.69 bits per heavy atom. The van der Waals surface area contributed by atoms with Crippen LogP contribution < -0.4 is 5.46 Å². The van der Waals surface area contributed by atoms with Gasteiger partial charge in [0.15, 0.2) is 0 Å². The van der Waals surface area contributed by atoms with Crippen molar-refractivity contribution in [2.75, 3.05) is 0 Å². The lowest BCUT2D eigenvalue weighted by molar-refractivity contribution is 0.425. The van der Waals surface area contributed by atoms with Crippen LogP contribution in [0.25, 0.3) is 11.1 Å². The van der Waals surface area contributed by atoms with Crippen molar-refractivity contribution in [1.82, 2.24) is 0 Å². The molecule has 4 rings (SSSR count). The minimum absolute atomic E-state index is 0.488. The molecule has 0 aromatic heterocycles. The SMILES string of the molecule is Clc1cccc(-c2ccccc2Br)c1.Clc1cccc(I)c1.OB(O)c1ccccc1Br. The van der Waals surface area contributed by atoms with Gasteiger partial charge in [0.2, 0.25) is 0 Å². The van der Waals surface area contributed by atoms with E-state index in [1.807, 2.05) is 72.8 Å².